The Hall–Kier alpha value is -1.11. The Labute approximate surface area is 124 Å². The van der Waals surface area contributed by atoms with Gasteiger partial charge in [-0.2, -0.15) is 11.3 Å². The van der Waals surface area contributed by atoms with Crippen molar-refractivity contribution in [1.29, 1.82) is 0 Å². The van der Waals surface area contributed by atoms with E-state index in [1.807, 2.05) is 25.9 Å². The lowest BCUT2D eigenvalue weighted by Crippen LogP contribution is -2.50. The minimum Gasteiger partial charge on any atom is -0.375 e. The molecule has 6 heteroatoms. The fraction of sp³-hybridized carbons (Fsp3) is 0.643. The zero-order valence-corrected chi connectivity index (χ0v) is 13.2. The molecule has 0 aliphatic carbocycles. The number of nitrogens with one attached hydrogen (secondary N) is 1. The van der Waals surface area contributed by atoms with Crippen molar-refractivity contribution >= 4 is 17.4 Å². The van der Waals surface area contributed by atoms with Gasteiger partial charge in [-0.1, -0.05) is 0 Å². The van der Waals surface area contributed by atoms with Crippen LogP contribution in [-0.4, -0.2) is 62.3 Å². The number of ether oxygens (including phenoxy) is 1. The van der Waals surface area contributed by atoms with E-state index in [1.165, 1.54) is 5.56 Å². The molecule has 1 saturated heterocycles. The molecule has 1 aromatic heterocycles. The Morgan fingerprint density at radius 2 is 2.45 bits per heavy atom. The highest BCUT2D eigenvalue weighted by Gasteiger charge is 2.22. The average Bonchev–Trinajstić information content (AvgIpc) is 2.92. The summed E-state index contributed by atoms with van der Waals surface area (Å²) in [6, 6.07) is 2.32. The molecule has 1 aliphatic rings. The van der Waals surface area contributed by atoms with Crippen LogP contribution in [0.25, 0.3) is 0 Å². The third kappa shape index (κ3) is 3.94. The van der Waals surface area contributed by atoms with Crippen LogP contribution in [0.3, 0.4) is 0 Å². The van der Waals surface area contributed by atoms with Gasteiger partial charge in [-0.25, -0.2) is 4.79 Å². The normalized spacial score (nSPS) is 21.0. The molecule has 0 aromatic carbocycles. The van der Waals surface area contributed by atoms with Gasteiger partial charge in [0.15, 0.2) is 0 Å². The van der Waals surface area contributed by atoms with Crippen LogP contribution in [0, 0.1) is 0 Å². The molecule has 2 amide bonds. The number of hydrogen-bond donors (Lipinski definition) is 1. The highest BCUT2D eigenvalue weighted by molar-refractivity contribution is 7.07. The molecule has 112 valence electrons. The van der Waals surface area contributed by atoms with Gasteiger partial charge < -0.3 is 19.9 Å². The van der Waals surface area contributed by atoms with Crippen LogP contribution in [0.2, 0.25) is 0 Å². The fourth-order valence-electron chi connectivity index (χ4n) is 2.36. The standard InChI is InChI=1S/C14H23N3O2S/c1-11-9-17(5-6-19-11)14(18)15-8-13(16(2)3)12-4-7-20-10-12/h4,7,10-11,13H,5-6,8-9H2,1-3H3,(H,15,18). The Kier molecular flexibility index (Phi) is 5.39. The first kappa shape index (κ1) is 15.3. The first-order chi connectivity index (χ1) is 9.58. The number of amides is 2. The van der Waals surface area contributed by atoms with Crippen molar-refractivity contribution in [3.63, 3.8) is 0 Å². The lowest BCUT2D eigenvalue weighted by molar-refractivity contribution is -0.00363. The van der Waals surface area contributed by atoms with Crippen molar-refractivity contribution in [3.8, 4) is 0 Å². The van der Waals surface area contributed by atoms with E-state index in [1.54, 1.807) is 11.3 Å². The molecule has 2 rings (SSSR count). The summed E-state index contributed by atoms with van der Waals surface area (Å²) in [6.45, 7) is 4.57. The van der Waals surface area contributed by atoms with Gasteiger partial charge >= 0.3 is 6.03 Å². The molecule has 1 N–H and O–H groups in total. The number of rotatable bonds is 4. The zero-order chi connectivity index (χ0) is 14.5. The SMILES string of the molecule is CC1CN(C(=O)NCC(c2ccsc2)N(C)C)CCO1. The number of hydrogen-bond acceptors (Lipinski definition) is 4. The number of urea groups is 1. The van der Waals surface area contributed by atoms with E-state index >= 15 is 0 Å². The maximum Gasteiger partial charge on any atom is 0.317 e. The van der Waals surface area contributed by atoms with Crippen LogP contribution in [0.1, 0.15) is 18.5 Å². The van der Waals surface area contributed by atoms with Crippen molar-refractivity contribution < 1.29 is 9.53 Å². The van der Waals surface area contributed by atoms with Crippen molar-refractivity contribution in [2.24, 2.45) is 0 Å². The van der Waals surface area contributed by atoms with Crippen molar-refractivity contribution in [2.75, 3.05) is 40.3 Å². The predicted octanol–water partition coefficient (Wildman–Crippen LogP) is 1.78. The van der Waals surface area contributed by atoms with Gasteiger partial charge in [0.1, 0.15) is 0 Å². The van der Waals surface area contributed by atoms with E-state index in [4.69, 9.17) is 4.74 Å². The number of likely N-dealkylation sites (N-methyl/N-ethyl adjacent to an activating group) is 1. The second-order valence-electron chi connectivity index (χ2n) is 5.35. The summed E-state index contributed by atoms with van der Waals surface area (Å²) in [5.41, 5.74) is 1.25. The smallest absolute Gasteiger partial charge is 0.317 e. The monoisotopic (exact) mass is 297 g/mol. The predicted molar refractivity (Wildman–Crippen MR) is 81.1 cm³/mol. The van der Waals surface area contributed by atoms with Crippen LogP contribution < -0.4 is 5.32 Å². The quantitative estimate of drug-likeness (QED) is 0.921. The molecule has 1 aliphatic heterocycles. The van der Waals surface area contributed by atoms with Crippen molar-refractivity contribution in [3.05, 3.63) is 22.4 Å². The van der Waals surface area contributed by atoms with Gasteiger partial charge in [0, 0.05) is 19.6 Å². The molecule has 0 saturated carbocycles. The van der Waals surface area contributed by atoms with Gasteiger partial charge in [-0.15, -0.1) is 0 Å². The molecule has 20 heavy (non-hydrogen) atoms. The summed E-state index contributed by atoms with van der Waals surface area (Å²) in [5, 5.41) is 7.24. The number of nitrogens with zero attached hydrogens (tertiary/aromatic N) is 2. The largest absolute Gasteiger partial charge is 0.375 e. The summed E-state index contributed by atoms with van der Waals surface area (Å²) in [4.78, 5) is 16.1. The second-order valence-corrected chi connectivity index (χ2v) is 6.13. The van der Waals surface area contributed by atoms with E-state index in [9.17, 15) is 4.79 Å². The summed E-state index contributed by atoms with van der Waals surface area (Å²) in [6.07, 6.45) is 0.121. The van der Waals surface area contributed by atoms with E-state index in [0.29, 0.717) is 26.2 Å². The Bertz CT molecular complexity index is 422. The van der Waals surface area contributed by atoms with Gasteiger partial charge in [0.25, 0.3) is 0 Å². The number of carbonyl (C=O) groups is 1. The maximum absolute atomic E-state index is 12.2. The minimum atomic E-state index is 0.00206. The van der Waals surface area contributed by atoms with Crippen LogP contribution in [0.5, 0.6) is 0 Å². The first-order valence-corrected chi connectivity index (χ1v) is 7.85. The highest BCUT2D eigenvalue weighted by atomic mass is 32.1. The van der Waals surface area contributed by atoms with Crippen molar-refractivity contribution in [1.82, 2.24) is 15.1 Å². The number of morpholine rings is 1. The fourth-order valence-corrected chi connectivity index (χ4v) is 3.07. The molecular formula is C14H23N3O2S. The lowest BCUT2D eigenvalue weighted by atomic mass is 10.1. The molecule has 0 radical (unpaired) electrons. The Morgan fingerprint density at radius 1 is 1.65 bits per heavy atom. The molecule has 2 heterocycles. The molecular weight excluding hydrogens is 274 g/mol. The highest BCUT2D eigenvalue weighted by Crippen LogP contribution is 2.20. The van der Waals surface area contributed by atoms with Crippen LogP contribution in [-0.2, 0) is 4.74 Å². The van der Waals surface area contributed by atoms with Crippen LogP contribution in [0.15, 0.2) is 16.8 Å². The second kappa shape index (κ2) is 7.06. The van der Waals surface area contributed by atoms with Gasteiger partial charge in [0.05, 0.1) is 18.8 Å². The Morgan fingerprint density at radius 3 is 3.05 bits per heavy atom. The van der Waals surface area contributed by atoms with E-state index in [0.717, 1.165) is 0 Å². The summed E-state index contributed by atoms with van der Waals surface area (Å²) < 4.78 is 5.45. The molecule has 2 atom stereocenters. The molecule has 2 unspecified atom stereocenters. The summed E-state index contributed by atoms with van der Waals surface area (Å²) >= 11 is 1.68. The molecule has 5 nitrogen and oxygen atoms in total. The third-order valence-electron chi connectivity index (χ3n) is 3.53. The minimum absolute atomic E-state index is 0.00206. The van der Waals surface area contributed by atoms with Crippen LogP contribution in [0.4, 0.5) is 4.79 Å². The van der Waals surface area contributed by atoms with Gasteiger partial charge in [-0.05, 0) is 43.4 Å². The first-order valence-electron chi connectivity index (χ1n) is 6.91. The topological polar surface area (TPSA) is 44.8 Å². The Balaban J connectivity index is 1.87. The van der Waals surface area contributed by atoms with Crippen molar-refractivity contribution in [2.45, 2.75) is 19.1 Å². The average molecular weight is 297 g/mol. The molecule has 1 fully saturated rings. The third-order valence-corrected chi connectivity index (χ3v) is 4.23. The van der Waals surface area contributed by atoms with Gasteiger partial charge in [-0.3, -0.25) is 0 Å². The number of thiophene rings is 1. The number of carbonyl (C=O) groups excluding carboxylic acids is 1. The maximum atomic E-state index is 12.2. The van der Waals surface area contributed by atoms with Crippen LogP contribution >= 0.6 is 11.3 Å². The van der Waals surface area contributed by atoms with E-state index in [2.05, 4.69) is 27.0 Å². The lowest BCUT2D eigenvalue weighted by Gasteiger charge is -2.32. The summed E-state index contributed by atoms with van der Waals surface area (Å²) in [5.74, 6) is 0. The molecule has 0 spiro atoms. The van der Waals surface area contributed by atoms with Gasteiger partial charge in [0.2, 0.25) is 0 Å². The zero-order valence-electron chi connectivity index (χ0n) is 12.3. The van der Waals surface area contributed by atoms with E-state index in [-0.39, 0.29) is 18.2 Å². The molecule has 1 aromatic rings. The van der Waals surface area contributed by atoms with E-state index < -0.39 is 0 Å². The molecule has 0 bridgehead atoms. The summed E-state index contributed by atoms with van der Waals surface area (Å²) in [7, 11) is 4.07.